The van der Waals surface area contributed by atoms with Gasteiger partial charge >= 0.3 is 0 Å². The quantitative estimate of drug-likeness (QED) is 0.771. The molecule has 1 spiro atoms. The molecule has 4 fully saturated rings. The lowest BCUT2D eigenvalue weighted by Crippen LogP contribution is -2.68. The van der Waals surface area contributed by atoms with E-state index in [-0.39, 0.29) is 23.5 Å². The standard InChI is InChI=1S/C23H26N2O4/c1-27-16-8-14-15(9-17(16)28-2)25-20(26)10-18-21-13-7-19-23(14,22(21)25)4-5-24(19)11-12(13)3-6-29-18/h8-9,11,13,18-19,21-22H,3-7,10H2,1-2H3/t13-,18+,19+,21+,22+,23+/m0/s1. The summed E-state index contributed by atoms with van der Waals surface area (Å²) in [5.41, 5.74) is 3.82. The van der Waals surface area contributed by atoms with Crippen LogP contribution in [0.2, 0.25) is 0 Å². The Morgan fingerprint density at radius 2 is 2.03 bits per heavy atom. The van der Waals surface area contributed by atoms with Gasteiger partial charge in [0.2, 0.25) is 5.91 Å². The molecule has 6 aliphatic rings. The van der Waals surface area contributed by atoms with E-state index in [1.165, 1.54) is 12.0 Å². The van der Waals surface area contributed by atoms with E-state index in [0.717, 1.165) is 37.4 Å². The molecule has 0 N–H and O–H groups in total. The zero-order valence-electron chi connectivity index (χ0n) is 16.9. The molecular weight excluding hydrogens is 368 g/mol. The molecule has 1 aliphatic carbocycles. The number of rotatable bonds is 2. The van der Waals surface area contributed by atoms with Crippen LogP contribution >= 0.6 is 0 Å². The smallest absolute Gasteiger partial charge is 0.229 e. The van der Waals surface area contributed by atoms with Crippen LogP contribution in [0.4, 0.5) is 5.69 Å². The lowest BCUT2D eigenvalue weighted by molar-refractivity contribution is -0.131. The van der Waals surface area contributed by atoms with Crippen molar-refractivity contribution in [2.24, 2.45) is 11.8 Å². The lowest BCUT2D eigenvalue weighted by atomic mass is 9.54. The van der Waals surface area contributed by atoms with Crippen LogP contribution in [0.1, 0.15) is 31.2 Å². The lowest BCUT2D eigenvalue weighted by Gasteiger charge is -2.57. The number of carbonyl (C=O) groups is 1. The zero-order valence-corrected chi connectivity index (χ0v) is 16.9. The van der Waals surface area contributed by atoms with E-state index in [1.807, 2.05) is 6.07 Å². The third-order valence-corrected chi connectivity index (χ3v) is 8.76. The van der Waals surface area contributed by atoms with Crippen molar-refractivity contribution in [3.63, 3.8) is 0 Å². The van der Waals surface area contributed by atoms with Crippen LogP contribution in [-0.4, -0.2) is 56.4 Å². The highest BCUT2D eigenvalue weighted by Gasteiger charge is 2.70. The van der Waals surface area contributed by atoms with Crippen LogP contribution in [0.3, 0.4) is 0 Å². The SMILES string of the molecule is COc1cc2c(cc1OC)[C@@]13CCN4C=C5CCO[C@@H]6CC(=O)N2[C@@H]1[C@@H]6[C@H]5C[C@@H]43. The van der Waals surface area contributed by atoms with Crippen LogP contribution in [0.15, 0.2) is 23.9 Å². The van der Waals surface area contributed by atoms with Crippen molar-refractivity contribution in [2.75, 3.05) is 32.3 Å². The van der Waals surface area contributed by atoms with Gasteiger partial charge < -0.3 is 24.0 Å². The first kappa shape index (κ1) is 16.6. The molecule has 152 valence electrons. The molecule has 1 aromatic carbocycles. The summed E-state index contributed by atoms with van der Waals surface area (Å²) in [6, 6.07) is 4.83. The number of nitrogens with zero attached hydrogens (tertiary/aromatic N) is 2. The predicted octanol–water partition coefficient (Wildman–Crippen LogP) is 2.46. The number of ether oxygens (including phenoxy) is 3. The minimum atomic E-state index is -0.0416. The number of carbonyl (C=O) groups excluding carboxylic acids is 1. The molecule has 6 heteroatoms. The molecule has 6 nitrogen and oxygen atoms in total. The molecule has 29 heavy (non-hydrogen) atoms. The topological polar surface area (TPSA) is 51.2 Å². The number of piperidine rings is 1. The minimum absolute atomic E-state index is 0.0416. The summed E-state index contributed by atoms with van der Waals surface area (Å²) in [7, 11) is 3.36. The highest BCUT2D eigenvalue weighted by atomic mass is 16.5. The largest absolute Gasteiger partial charge is 0.493 e. The summed E-state index contributed by atoms with van der Waals surface area (Å²) in [5, 5.41) is 0. The van der Waals surface area contributed by atoms with Gasteiger partial charge in [-0.25, -0.2) is 0 Å². The number of fused-ring (bicyclic) bond motifs is 2. The molecule has 0 unspecified atom stereocenters. The first-order valence-corrected chi connectivity index (χ1v) is 10.8. The monoisotopic (exact) mass is 394 g/mol. The van der Waals surface area contributed by atoms with Crippen molar-refractivity contribution in [2.45, 2.75) is 49.3 Å². The summed E-state index contributed by atoms with van der Waals surface area (Å²) in [6.07, 6.45) is 6.25. The fourth-order valence-electron chi connectivity index (χ4n) is 7.82. The zero-order chi connectivity index (χ0) is 19.5. The maximum absolute atomic E-state index is 13.5. The van der Waals surface area contributed by atoms with Crippen LogP contribution in [0.5, 0.6) is 11.5 Å². The predicted molar refractivity (Wildman–Crippen MR) is 106 cm³/mol. The molecule has 5 aliphatic heterocycles. The van der Waals surface area contributed by atoms with E-state index < -0.39 is 0 Å². The average Bonchev–Trinajstić information content (AvgIpc) is 3.20. The second-order valence-corrected chi connectivity index (χ2v) is 9.46. The van der Waals surface area contributed by atoms with Crippen molar-refractivity contribution in [3.8, 4) is 11.5 Å². The maximum Gasteiger partial charge on any atom is 0.229 e. The van der Waals surface area contributed by atoms with Crippen molar-refractivity contribution in [3.05, 3.63) is 29.5 Å². The highest BCUT2D eigenvalue weighted by Crippen LogP contribution is 2.66. The Hall–Kier alpha value is -2.21. The van der Waals surface area contributed by atoms with E-state index in [0.29, 0.717) is 30.0 Å². The van der Waals surface area contributed by atoms with Gasteiger partial charge in [-0.1, -0.05) is 0 Å². The van der Waals surface area contributed by atoms with E-state index in [2.05, 4.69) is 22.1 Å². The van der Waals surface area contributed by atoms with Gasteiger partial charge in [0.05, 0.1) is 45.1 Å². The van der Waals surface area contributed by atoms with Crippen LogP contribution in [-0.2, 0) is 14.9 Å². The number of anilines is 1. The molecule has 3 saturated heterocycles. The van der Waals surface area contributed by atoms with Crippen molar-refractivity contribution in [1.29, 1.82) is 0 Å². The third kappa shape index (κ3) is 1.73. The number of hydrogen-bond donors (Lipinski definition) is 0. The first-order chi connectivity index (χ1) is 14.2. The minimum Gasteiger partial charge on any atom is -0.493 e. The van der Waals surface area contributed by atoms with Crippen LogP contribution in [0, 0.1) is 11.8 Å². The van der Waals surface area contributed by atoms with Gasteiger partial charge in [-0.15, -0.1) is 0 Å². The Morgan fingerprint density at radius 1 is 1.21 bits per heavy atom. The molecule has 5 heterocycles. The van der Waals surface area contributed by atoms with Crippen LogP contribution in [0.25, 0.3) is 0 Å². The van der Waals surface area contributed by atoms with E-state index in [9.17, 15) is 4.79 Å². The summed E-state index contributed by atoms with van der Waals surface area (Å²) in [4.78, 5) is 18.2. The van der Waals surface area contributed by atoms with Gasteiger partial charge in [-0.2, -0.15) is 0 Å². The number of benzene rings is 1. The average molecular weight is 394 g/mol. The Kier molecular flexibility index (Phi) is 3.02. The molecule has 1 amide bonds. The van der Waals surface area contributed by atoms with Crippen molar-refractivity contribution < 1.29 is 19.0 Å². The Bertz CT molecular complexity index is 974. The second kappa shape index (κ2) is 5.28. The first-order valence-electron chi connectivity index (χ1n) is 10.8. The summed E-state index contributed by atoms with van der Waals surface area (Å²) < 4.78 is 17.6. The molecule has 6 atom stereocenters. The van der Waals surface area contributed by atoms with Gasteiger partial charge in [0.15, 0.2) is 11.5 Å². The fraction of sp³-hybridized carbons (Fsp3) is 0.609. The van der Waals surface area contributed by atoms with Crippen molar-refractivity contribution >= 4 is 11.6 Å². The molecule has 0 aromatic heterocycles. The molecule has 7 rings (SSSR count). The van der Waals surface area contributed by atoms with Gasteiger partial charge in [-0.05, 0) is 48.6 Å². The van der Waals surface area contributed by atoms with E-state index in [1.54, 1.807) is 19.8 Å². The third-order valence-electron chi connectivity index (χ3n) is 8.76. The summed E-state index contributed by atoms with van der Waals surface area (Å²) in [6.45, 7) is 1.80. The Balaban J connectivity index is 1.53. The van der Waals surface area contributed by atoms with Gasteiger partial charge in [0.25, 0.3) is 0 Å². The van der Waals surface area contributed by atoms with Crippen LogP contribution < -0.4 is 14.4 Å². The fourth-order valence-corrected chi connectivity index (χ4v) is 7.82. The number of amides is 1. The van der Waals surface area contributed by atoms with Gasteiger partial charge in [0, 0.05) is 30.0 Å². The molecular formula is C23H26N2O4. The Morgan fingerprint density at radius 3 is 2.86 bits per heavy atom. The molecule has 1 aromatic rings. The van der Waals surface area contributed by atoms with Gasteiger partial charge in [0.1, 0.15) is 0 Å². The van der Waals surface area contributed by atoms with Crippen molar-refractivity contribution in [1.82, 2.24) is 4.90 Å². The molecule has 2 bridgehead atoms. The number of hydrogen-bond acceptors (Lipinski definition) is 5. The van der Waals surface area contributed by atoms with E-state index >= 15 is 0 Å². The summed E-state index contributed by atoms with van der Waals surface area (Å²) >= 11 is 0. The summed E-state index contributed by atoms with van der Waals surface area (Å²) in [5.74, 6) is 2.57. The maximum atomic E-state index is 13.5. The van der Waals surface area contributed by atoms with E-state index in [4.69, 9.17) is 14.2 Å². The van der Waals surface area contributed by atoms with Gasteiger partial charge in [-0.3, -0.25) is 4.79 Å². The number of methoxy groups -OCH3 is 2. The highest BCUT2D eigenvalue weighted by molar-refractivity contribution is 5.99. The molecule has 0 radical (unpaired) electrons. The second-order valence-electron chi connectivity index (χ2n) is 9.46. The Labute approximate surface area is 170 Å². The molecule has 1 saturated carbocycles. The normalized spacial score (nSPS) is 40.4.